The molecule has 0 radical (unpaired) electrons. The zero-order valence-corrected chi connectivity index (χ0v) is 12.8. The molecule has 1 unspecified atom stereocenters. The first-order valence-electron chi connectivity index (χ1n) is 7.91. The van der Waals surface area contributed by atoms with Crippen LogP contribution in [0.15, 0.2) is 18.3 Å². The monoisotopic (exact) mass is 299 g/mol. The van der Waals surface area contributed by atoms with E-state index in [9.17, 15) is 4.79 Å². The molecule has 116 valence electrons. The van der Waals surface area contributed by atoms with Gasteiger partial charge < -0.3 is 10.6 Å². The van der Waals surface area contributed by atoms with Crippen LogP contribution in [0, 0.1) is 12.3 Å². The Balaban J connectivity index is 1.54. The minimum atomic E-state index is 0.0919. The number of likely N-dealkylation sites (tertiary alicyclic amines) is 1. The molecular formula is C16H21N5O. The van der Waals surface area contributed by atoms with Crippen molar-refractivity contribution in [3.8, 4) is 0 Å². The number of fused-ring (bicyclic) bond motifs is 1. The van der Waals surface area contributed by atoms with Crippen molar-refractivity contribution in [2.75, 3.05) is 13.1 Å². The molecule has 1 atom stereocenters. The Hall–Kier alpha value is -1.95. The minimum absolute atomic E-state index is 0.0919. The van der Waals surface area contributed by atoms with Crippen molar-refractivity contribution >= 4 is 16.9 Å². The van der Waals surface area contributed by atoms with Crippen LogP contribution in [0.4, 0.5) is 0 Å². The van der Waals surface area contributed by atoms with Gasteiger partial charge in [0.1, 0.15) is 6.54 Å². The summed E-state index contributed by atoms with van der Waals surface area (Å²) in [5.41, 5.74) is 8.13. The van der Waals surface area contributed by atoms with Gasteiger partial charge in [-0.15, -0.1) is 0 Å². The molecule has 6 nitrogen and oxygen atoms in total. The number of hydrogen-bond donors (Lipinski definition) is 1. The van der Waals surface area contributed by atoms with Crippen LogP contribution >= 0.6 is 0 Å². The van der Waals surface area contributed by atoms with E-state index in [1.54, 1.807) is 10.9 Å². The maximum Gasteiger partial charge on any atom is 0.244 e. The lowest BCUT2D eigenvalue weighted by atomic mass is 9.66. The molecule has 2 fully saturated rings. The Morgan fingerprint density at radius 3 is 3.00 bits per heavy atom. The average molecular weight is 299 g/mol. The molecule has 1 aliphatic carbocycles. The Bertz CT molecular complexity index is 733. The summed E-state index contributed by atoms with van der Waals surface area (Å²) in [6.07, 6.45) is 5.29. The third kappa shape index (κ3) is 1.94. The lowest BCUT2D eigenvalue weighted by molar-refractivity contribution is -0.131. The fourth-order valence-electron chi connectivity index (χ4n) is 3.85. The standard InChI is InChI=1S/C16H21N5O/c1-11-12-4-2-7-18-15(12)21(19-11)9-14(22)20-8-13(17)16(10-20)5-3-6-16/h2,4,7,13H,3,5-6,8-10,17H2,1H3. The van der Waals surface area contributed by atoms with E-state index in [1.807, 2.05) is 24.0 Å². The molecule has 0 aromatic carbocycles. The van der Waals surface area contributed by atoms with E-state index in [-0.39, 0.29) is 23.9 Å². The van der Waals surface area contributed by atoms with Crippen LogP contribution in [0.2, 0.25) is 0 Å². The quantitative estimate of drug-likeness (QED) is 0.900. The molecule has 2 N–H and O–H groups in total. The minimum Gasteiger partial charge on any atom is -0.339 e. The molecule has 1 saturated heterocycles. The number of aromatic nitrogens is 3. The summed E-state index contributed by atoms with van der Waals surface area (Å²) in [5.74, 6) is 0.0919. The molecule has 2 aliphatic rings. The van der Waals surface area contributed by atoms with Crippen LogP contribution in [0.3, 0.4) is 0 Å². The first kappa shape index (κ1) is 13.7. The molecule has 2 aromatic heterocycles. The van der Waals surface area contributed by atoms with Gasteiger partial charge in [-0.2, -0.15) is 5.10 Å². The van der Waals surface area contributed by atoms with E-state index in [1.165, 1.54) is 6.42 Å². The third-order valence-corrected chi connectivity index (χ3v) is 5.39. The smallest absolute Gasteiger partial charge is 0.244 e. The molecule has 1 aliphatic heterocycles. The molecule has 1 amide bonds. The van der Waals surface area contributed by atoms with Crippen LogP contribution in [0.1, 0.15) is 25.0 Å². The van der Waals surface area contributed by atoms with Gasteiger partial charge >= 0.3 is 0 Å². The number of nitrogens with zero attached hydrogens (tertiary/aromatic N) is 4. The number of carbonyl (C=O) groups excluding carboxylic acids is 1. The maximum atomic E-state index is 12.6. The maximum absolute atomic E-state index is 12.6. The van der Waals surface area contributed by atoms with E-state index in [2.05, 4.69) is 10.1 Å². The molecule has 6 heteroatoms. The zero-order valence-electron chi connectivity index (χ0n) is 12.8. The van der Waals surface area contributed by atoms with E-state index >= 15 is 0 Å². The highest BCUT2D eigenvalue weighted by atomic mass is 16.2. The second kappa shape index (κ2) is 4.78. The highest BCUT2D eigenvalue weighted by Gasteiger charge is 2.49. The molecule has 3 heterocycles. The average Bonchev–Trinajstić information content (AvgIpc) is 2.98. The van der Waals surface area contributed by atoms with Crippen molar-refractivity contribution in [1.82, 2.24) is 19.7 Å². The highest BCUT2D eigenvalue weighted by Crippen LogP contribution is 2.47. The highest BCUT2D eigenvalue weighted by molar-refractivity contribution is 5.81. The van der Waals surface area contributed by atoms with Gasteiger partial charge in [0.25, 0.3) is 0 Å². The first-order valence-corrected chi connectivity index (χ1v) is 7.91. The number of rotatable bonds is 2. The molecule has 1 saturated carbocycles. The number of aryl methyl sites for hydroxylation is 1. The van der Waals surface area contributed by atoms with Crippen molar-refractivity contribution in [2.24, 2.45) is 11.1 Å². The van der Waals surface area contributed by atoms with Gasteiger partial charge in [0, 0.05) is 36.1 Å². The Morgan fingerprint density at radius 2 is 2.32 bits per heavy atom. The number of hydrogen-bond acceptors (Lipinski definition) is 4. The summed E-state index contributed by atoms with van der Waals surface area (Å²) in [6, 6.07) is 4.00. The Morgan fingerprint density at radius 1 is 1.50 bits per heavy atom. The summed E-state index contributed by atoms with van der Waals surface area (Å²) in [4.78, 5) is 18.9. The lowest BCUT2D eigenvalue weighted by Crippen LogP contribution is -2.45. The van der Waals surface area contributed by atoms with Crippen molar-refractivity contribution in [3.05, 3.63) is 24.0 Å². The summed E-state index contributed by atoms with van der Waals surface area (Å²) in [7, 11) is 0. The molecule has 1 spiro atoms. The third-order valence-electron chi connectivity index (χ3n) is 5.39. The Kier molecular flexibility index (Phi) is 2.97. The van der Waals surface area contributed by atoms with Gasteiger partial charge in [0.05, 0.1) is 5.69 Å². The van der Waals surface area contributed by atoms with Crippen LogP contribution in [-0.2, 0) is 11.3 Å². The molecule has 0 bridgehead atoms. The van der Waals surface area contributed by atoms with E-state index in [0.717, 1.165) is 36.1 Å². The summed E-state index contributed by atoms with van der Waals surface area (Å²) in [6.45, 7) is 3.66. The Labute approximate surface area is 129 Å². The predicted octanol–water partition coefficient (Wildman–Crippen LogP) is 1.08. The van der Waals surface area contributed by atoms with E-state index < -0.39 is 0 Å². The van der Waals surface area contributed by atoms with Crippen molar-refractivity contribution in [1.29, 1.82) is 0 Å². The summed E-state index contributed by atoms with van der Waals surface area (Å²) >= 11 is 0. The van der Waals surface area contributed by atoms with Crippen LogP contribution in [0.5, 0.6) is 0 Å². The van der Waals surface area contributed by atoms with Gasteiger partial charge in [-0.25, -0.2) is 9.67 Å². The van der Waals surface area contributed by atoms with Gasteiger partial charge in [-0.05, 0) is 31.9 Å². The van der Waals surface area contributed by atoms with Gasteiger partial charge in [0.15, 0.2) is 5.65 Å². The summed E-state index contributed by atoms with van der Waals surface area (Å²) in [5, 5.41) is 5.47. The van der Waals surface area contributed by atoms with Crippen molar-refractivity contribution in [2.45, 2.75) is 38.8 Å². The first-order chi connectivity index (χ1) is 10.6. The van der Waals surface area contributed by atoms with Gasteiger partial charge in [0.2, 0.25) is 5.91 Å². The van der Waals surface area contributed by atoms with E-state index in [0.29, 0.717) is 6.54 Å². The molecule has 2 aromatic rings. The number of nitrogens with two attached hydrogens (primary N) is 1. The largest absolute Gasteiger partial charge is 0.339 e. The molecular weight excluding hydrogens is 278 g/mol. The normalized spacial score (nSPS) is 23.2. The predicted molar refractivity (Wildman–Crippen MR) is 83.1 cm³/mol. The fraction of sp³-hybridized carbons (Fsp3) is 0.562. The van der Waals surface area contributed by atoms with Crippen LogP contribution < -0.4 is 5.73 Å². The SMILES string of the molecule is Cc1nn(CC(=O)N2CC(N)C3(CCC3)C2)c2ncccc12. The second-order valence-electron chi connectivity index (χ2n) is 6.71. The van der Waals surface area contributed by atoms with Gasteiger partial charge in [-0.3, -0.25) is 4.79 Å². The number of amides is 1. The van der Waals surface area contributed by atoms with E-state index in [4.69, 9.17) is 5.73 Å². The molecule has 22 heavy (non-hydrogen) atoms. The summed E-state index contributed by atoms with van der Waals surface area (Å²) < 4.78 is 1.71. The number of pyridine rings is 1. The molecule has 4 rings (SSSR count). The van der Waals surface area contributed by atoms with Crippen molar-refractivity contribution < 1.29 is 4.79 Å². The second-order valence-corrected chi connectivity index (χ2v) is 6.71. The van der Waals surface area contributed by atoms with Crippen LogP contribution in [0.25, 0.3) is 11.0 Å². The van der Waals surface area contributed by atoms with Crippen LogP contribution in [-0.4, -0.2) is 44.7 Å². The lowest BCUT2D eigenvalue weighted by Gasteiger charge is -2.41. The topological polar surface area (TPSA) is 77.0 Å². The van der Waals surface area contributed by atoms with Crippen molar-refractivity contribution in [3.63, 3.8) is 0 Å². The fourth-order valence-corrected chi connectivity index (χ4v) is 3.85. The zero-order chi connectivity index (χ0) is 15.3. The number of carbonyl (C=O) groups is 1. The van der Waals surface area contributed by atoms with Gasteiger partial charge in [-0.1, -0.05) is 6.42 Å².